The fourth-order valence-electron chi connectivity index (χ4n) is 2.65. The first-order valence-electron chi connectivity index (χ1n) is 7.56. The van der Waals surface area contributed by atoms with Crippen LogP contribution in [0.2, 0.25) is 0 Å². The molecule has 2 aromatic rings. The molecule has 1 N–H and O–H groups in total. The van der Waals surface area contributed by atoms with Crippen molar-refractivity contribution in [3.05, 3.63) is 23.3 Å². The summed E-state index contributed by atoms with van der Waals surface area (Å²) in [5.41, 5.74) is 0. The van der Waals surface area contributed by atoms with Gasteiger partial charge in [0.2, 0.25) is 0 Å². The van der Waals surface area contributed by atoms with E-state index in [0.717, 1.165) is 30.3 Å². The monoisotopic (exact) mass is 306 g/mol. The molecular weight excluding hydrogens is 284 g/mol. The summed E-state index contributed by atoms with van der Waals surface area (Å²) in [6.45, 7) is 7.36. The molecular formula is C15H22N4OS. The third-order valence-corrected chi connectivity index (χ3v) is 4.75. The van der Waals surface area contributed by atoms with Crippen LogP contribution in [-0.2, 0) is 6.54 Å². The third-order valence-electron chi connectivity index (χ3n) is 3.89. The van der Waals surface area contributed by atoms with Crippen molar-refractivity contribution < 1.29 is 4.52 Å². The molecule has 0 radical (unpaired) electrons. The molecule has 1 unspecified atom stereocenters. The summed E-state index contributed by atoms with van der Waals surface area (Å²) in [6.07, 6.45) is 2.54. The second-order valence-corrected chi connectivity index (χ2v) is 6.76. The van der Waals surface area contributed by atoms with Gasteiger partial charge in [0.15, 0.2) is 5.82 Å². The Hall–Kier alpha value is -1.24. The van der Waals surface area contributed by atoms with Crippen LogP contribution in [0.1, 0.15) is 32.5 Å². The lowest BCUT2D eigenvalue weighted by molar-refractivity contribution is 0.187. The second kappa shape index (κ2) is 6.68. The Morgan fingerprint density at radius 1 is 1.52 bits per heavy atom. The van der Waals surface area contributed by atoms with E-state index in [9.17, 15) is 0 Å². The van der Waals surface area contributed by atoms with E-state index in [1.54, 1.807) is 11.3 Å². The van der Waals surface area contributed by atoms with Gasteiger partial charge in [0.25, 0.3) is 5.89 Å². The predicted octanol–water partition coefficient (Wildman–Crippen LogP) is 2.76. The normalized spacial score (nSPS) is 19.0. The van der Waals surface area contributed by atoms with Crippen molar-refractivity contribution in [3.63, 3.8) is 0 Å². The van der Waals surface area contributed by atoms with Crippen molar-refractivity contribution in [3.8, 4) is 10.8 Å². The van der Waals surface area contributed by atoms with Gasteiger partial charge in [-0.05, 0) is 44.7 Å². The van der Waals surface area contributed by atoms with Crippen LogP contribution in [-0.4, -0.2) is 40.2 Å². The van der Waals surface area contributed by atoms with Gasteiger partial charge in [-0.25, -0.2) is 0 Å². The first-order valence-corrected chi connectivity index (χ1v) is 8.44. The molecule has 5 nitrogen and oxygen atoms in total. The summed E-state index contributed by atoms with van der Waals surface area (Å²) in [5.74, 6) is 1.40. The zero-order valence-electron chi connectivity index (χ0n) is 12.6. The maximum atomic E-state index is 5.37. The van der Waals surface area contributed by atoms with Crippen molar-refractivity contribution >= 4 is 11.3 Å². The van der Waals surface area contributed by atoms with Crippen LogP contribution in [0, 0.1) is 0 Å². The Balaban J connectivity index is 1.65. The van der Waals surface area contributed by atoms with E-state index in [2.05, 4.69) is 34.2 Å². The minimum absolute atomic E-state index is 0.469. The number of thiophene rings is 1. The number of rotatable bonds is 6. The lowest BCUT2D eigenvalue weighted by Crippen LogP contribution is -2.41. The molecule has 0 aromatic carbocycles. The van der Waals surface area contributed by atoms with E-state index in [0.29, 0.717) is 18.0 Å². The van der Waals surface area contributed by atoms with Crippen molar-refractivity contribution in [2.45, 2.75) is 45.3 Å². The van der Waals surface area contributed by atoms with E-state index >= 15 is 0 Å². The number of nitrogens with one attached hydrogen (secondary N) is 1. The largest absolute Gasteiger partial charge is 0.333 e. The van der Waals surface area contributed by atoms with Crippen LogP contribution in [0.3, 0.4) is 0 Å². The number of hydrogen-bond donors (Lipinski definition) is 1. The van der Waals surface area contributed by atoms with Crippen molar-refractivity contribution in [1.82, 2.24) is 20.4 Å². The molecule has 0 amide bonds. The Morgan fingerprint density at radius 2 is 2.43 bits per heavy atom. The molecule has 0 spiro atoms. The van der Waals surface area contributed by atoms with Gasteiger partial charge in [-0.2, -0.15) is 4.98 Å². The SMILES string of the molecule is CC(C)N(Cc1noc(-c2cccs2)n1)CC1CCCN1. The standard InChI is InChI=1S/C15H22N4OS/c1-11(2)19(9-12-5-3-7-16-12)10-14-17-15(20-18-14)13-6-4-8-21-13/h4,6,8,11-12,16H,3,5,7,9-10H2,1-2H3. The Kier molecular flexibility index (Phi) is 4.67. The molecule has 1 fully saturated rings. The number of nitrogens with zero attached hydrogens (tertiary/aromatic N) is 3. The van der Waals surface area contributed by atoms with Crippen LogP contribution < -0.4 is 5.32 Å². The molecule has 1 atom stereocenters. The highest BCUT2D eigenvalue weighted by Crippen LogP contribution is 2.23. The summed E-state index contributed by atoms with van der Waals surface area (Å²) in [4.78, 5) is 7.96. The zero-order valence-corrected chi connectivity index (χ0v) is 13.4. The summed E-state index contributed by atoms with van der Waals surface area (Å²) in [5, 5.41) is 9.70. The minimum Gasteiger partial charge on any atom is -0.333 e. The van der Waals surface area contributed by atoms with Crippen LogP contribution in [0.5, 0.6) is 0 Å². The molecule has 3 heterocycles. The lowest BCUT2D eigenvalue weighted by Gasteiger charge is -2.27. The molecule has 3 rings (SSSR count). The highest BCUT2D eigenvalue weighted by molar-refractivity contribution is 7.13. The second-order valence-electron chi connectivity index (χ2n) is 5.81. The molecule has 6 heteroatoms. The number of hydrogen-bond acceptors (Lipinski definition) is 6. The van der Waals surface area contributed by atoms with Crippen LogP contribution in [0.25, 0.3) is 10.8 Å². The molecule has 1 aliphatic heterocycles. The summed E-state index contributed by atoms with van der Waals surface area (Å²) >= 11 is 1.62. The van der Waals surface area contributed by atoms with E-state index in [-0.39, 0.29) is 0 Å². The maximum absolute atomic E-state index is 5.37. The Labute approximate surface area is 129 Å². The summed E-state index contributed by atoms with van der Waals surface area (Å²) < 4.78 is 5.37. The van der Waals surface area contributed by atoms with Gasteiger partial charge in [-0.15, -0.1) is 11.3 Å². The van der Waals surface area contributed by atoms with E-state index in [1.807, 2.05) is 17.5 Å². The molecule has 2 aromatic heterocycles. The van der Waals surface area contributed by atoms with Gasteiger partial charge < -0.3 is 9.84 Å². The van der Waals surface area contributed by atoms with Gasteiger partial charge in [-0.1, -0.05) is 11.2 Å². The van der Waals surface area contributed by atoms with Gasteiger partial charge in [0, 0.05) is 18.6 Å². The minimum atomic E-state index is 0.469. The molecule has 0 bridgehead atoms. The fraction of sp³-hybridized carbons (Fsp3) is 0.600. The van der Waals surface area contributed by atoms with Crippen molar-refractivity contribution in [1.29, 1.82) is 0 Å². The molecule has 21 heavy (non-hydrogen) atoms. The topological polar surface area (TPSA) is 54.2 Å². The van der Waals surface area contributed by atoms with Crippen LogP contribution >= 0.6 is 11.3 Å². The van der Waals surface area contributed by atoms with Gasteiger partial charge in [0.05, 0.1) is 11.4 Å². The molecule has 114 valence electrons. The third kappa shape index (κ3) is 3.70. The molecule has 0 aliphatic carbocycles. The lowest BCUT2D eigenvalue weighted by atomic mass is 10.2. The Morgan fingerprint density at radius 3 is 3.10 bits per heavy atom. The smallest absolute Gasteiger partial charge is 0.268 e. The average Bonchev–Trinajstić information content (AvgIpc) is 3.20. The fourth-order valence-corrected chi connectivity index (χ4v) is 3.30. The highest BCUT2D eigenvalue weighted by atomic mass is 32.1. The molecule has 1 saturated heterocycles. The van der Waals surface area contributed by atoms with Gasteiger partial charge in [-0.3, -0.25) is 4.90 Å². The average molecular weight is 306 g/mol. The quantitative estimate of drug-likeness (QED) is 0.889. The Bertz CT molecular complexity index is 546. The number of aromatic nitrogens is 2. The molecule has 1 aliphatic rings. The maximum Gasteiger partial charge on any atom is 0.268 e. The van der Waals surface area contributed by atoms with Crippen molar-refractivity contribution in [2.24, 2.45) is 0 Å². The first-order chi connectivity index (χ1) is 10.2. The van der Waals surface area contributed by atoms with Gasteiger partial charge >= 0.3 is 0 Å². The van der Waals surface area contributed by atoms with Crippen LogP contribution in [0.4, 0.5) is 0 Å². The highest BCUT2D eigenvalue weighted by Gasteiger charge is 2.21. The predicted molar refractivity (Wildman–Crippen MR) is 84.2 cm³/mol. The van der Waals surface area contributed by atoms with E-state index in [1.165, 1.54) is 12.8 Å². The summed E-state index contributed by atoms with van der Waals surface area (Å²) in [6, 6.07) is 5.06. The van der Waals surface area contributed by atoms with Crippen LogP contribution in [0.15, 0.2) is 22.0 Å². The van der Waals surface area contributed by atoms with E-state index < -0.39 is 0 Å². The van der Waals surface area contributed by atoms with Crippen molar-refractivity contribution in [2.75, 3.05) is 13.1 Å². The van der Waals surface area contributed by atoms with E-state index in [4.69, 9.17) is 4.52 Å². The zero-order chi connectivity index (χ0) is 14.7. The van der Waals surface area contributed by atoms with Gasteiger partial charge in [0.1, 0.15) is 0 Å². The molecule has 0 saturated carbocycles. The summed E-state index contributed by atoms with van der Waals surface area (Å²) in [7, 11) is 0. The first kappa shape index (κ1) is 14.7.